The van der Waals surface area contributed by atoms with Crippen molar-refractivity contribution in [2.24, 2.45) is 16.3 Å². The quantitative estimate of drug-likeness (QED) is 0.323. The van der Waals surface area contributed by atoms with Gasteiger partial charge in [0, 0.05) is 45.8 Å². The number of halogens is 1. The number of amides is 1. The van der Waals surface area contributed by atoms with Gasteiger partial charge in [0.1, 0.15) is 0 Å². The summed E-state index contributed by atoms with van der Waals surface area (Å²) in [4.78, 5) is 18.9. The van der Waals surface area contributed by atoms with Crippen LogP contribution in [0.25, 0.3) is 0 Å². The Morgan fingerprint density at radius 3 is 2.19 bits per heavy atom. The molecular formula is C20H41IN4O2. The summed E-state index contributed by atoms with van der Waals surface area (Å²) < 4.78 is 5.59. The molecule has 1 amide bonds. The topological polar surface area (TPSA) is 66.0 Å². The highest BCUT2D eigenvalue weighted by Gasteiger charge is 2.28. The molecule has 6 nitrogen and oxygen atoms in total. The van der Waals surface area contributed by atoms with Crippen molar-refractivity contribution in [3.8, 4) is 0 Å². The van der Waals surface area contributed by atoms with Crippen molar-refractivity contribution in [2.75, 3.05) is 33.8 Å². The number of carbonyl (C=O) groups is 1. The van der Waals surface area contributed by atoms with Gasteiger partial charge in [0.15, 0.2) is 5.96 Å². The van der Waals surface area contributed by atoms with Crippen molar-refractivity contribution in [1.29, 1.82) is 0 Å². The van der Waals surface area contributed by atoms with Crippen LogP contribution in [0, 0.1) is 11.3 Å². The number of methoxy groups -OCH3 is 1. The van der Waals surface area contributed by atoms with Gasteiger partial charge in [0.05, 0.1) is 6.10 Å². The van der Waals surface area contributed by atoms with E-state index in [4.69, 9.17) is 4.74 Å². The summed E-state index contributed by atoms with van der Waals surface area (Å²) in [5.74, 6) is 1.31. The van der Waals surface area contributed by atoms with Crippen molar-refractivity contribution in [3.05, 3.63) is 0 Å². The van der Waals surface area contributed by atoms with Crippen molar-refractivity contribution < 1.29 is 9.53 Å². The molecule has 0 saturated carbocycles. The fourth-order valence-electron chi connectivity index (χ4n) is 3.46. The van der Waals surface area contributed by atoms with Crippen LogP contribution in [0.4, 0.5) is 0 Å². The van der Waals surface area contributed by atoms with Gasteiger partial charge in [-0.3, -0.25) is 9.79 Å². The molecule has 0 aromatic carbocycles. The molecule has 0 bridgehead atoms. The normalized spacial score (nSPS) is 17.5. The Bertz CT molecular complexity index is 453. The highest BCUT2D eigenvalue weighted by atomic mass is 127. The SMILES string of the molecule is CCC(CC)C(=O)N1CCC(NC(=NC)NCC(OC)C(C)(C)C)CC1.I. The van der Waals surface area contributed by atoms with Crippen molar-refractivity contribution in [3.63, 3.8) is 0 Å². The van der Waals surface area contributed by atoms with E-state index in [0.29, 0.717) is 18.5 Å². The number of ether oxygens (including phenoxy) is 1. The maximum absolute atomic E-state index is 12.5. The molecule has 7 heteroatoms. The molecular weight excluding hydrogens is 455 g/mol. The Hall–Kier alpha value is -0.570. The van der Waals surface area contributed by atoms with E-state index < -0.39 is 0 Å². The predicted molar refractivity (Wildman–Crippen MR) is 124 cm³/mol. The summed E-state index contributed by atoms with van der Waals surface area (Å²) in [6.45, 7) is 13.1. The average molecular weight is 496 g/mol. The van der Waals surface area contributed by atoms with Crippen LogP contribution in [0.1, 0.15) is 60.3 Å². The van der Waals surface area contributed by atoms with Crippen molar-refractivity contribution in [1.82, 2.24) is 15.5 Å². The first-order chi connectivity index (χ1) is 12.3. The molecule has 0 spiro atoms. The Kier molecular flexibility index (Phi) is 12.5. The van der Waals surface area contributed by atoms with Crippen LogP contribution in [0.5, 0.6) is 0 Å². The maximum Gasteiger partial charge on any atom is 0.225 e. The average Bonchev–Trinajstić information content (AvgIpc) is 2.61. The van der Waals surface area contributed by atoms with Gasteiger partial charge in [-0.1, -0.05) is 34.6 Å². The van der Waals surface area contributed by atoms with Gasteiger partial charge < -0.3 is 20.3 Å². The minimum Gasteiger partial charge on any atom is -0.379 e. The molecule has 1 aliphatic rings. The molecule has 1 rings (SSSR count). The van der Waals surface area contributed by atoms with Crippen LogP contribution in [0.3, 0.4) is 0 Å². The summed E-state index contributed by atoms with van der Waals surface area (Å²) in [6, 6.07) is 0.350. The molecule has 1 atom stereocenters. The molecule has 1 unspecified atom stereocenters. The largest absolute Gasteiger partial charge is 0.379 e. The predicted octanol–water partition coefficient (Wildman–Crippen LogP) is 3.26. The second-order valence-electron chi connectivity index (χ2n) is 8.30. The molecule has 27 heavy (non-hydrogen) atoms. The lowest BCUT2D eigenvalue weighted by atomic mass is 9.89. The number of likely N-dealkylation sites (tertiary alicyclic amines) is 1. The Morgan fingerprint density at radius 2 is 1.78 bits per heavy atom. The highest BCUT2D eigenvalue weighted by Crippen LogP contribution is 2.21. The van der Waals surface area contributed by atoms with E-state index in [0.717, 1.165) is 44.7 Å². The molecule has 160 valence electrons. The van der Waals surface area contributed by atoms with Gasteiger partial charge in [0.2, 0.25) is 5.91 Å². The number of nitrogens with one attached hydrogen (secondary N) is 2. The van der Waals surface area contributed by atoms with Crippen LogP contribution < -0.4 is 10.6 Å². The van der Waals surface area contributed by atoms with E-state index in [2.05, 4.69) is 50.2 Å². The number of hydrogen-bond acceptors (Lipinski definition) is 3. The third-order valence-corrected chi connectivity index (χ3v) is 5.41. The van der Waals surface area contributed by atoms with Crippen LogP contribution in [0.2, 0.25) is 0 Å². The lowest BCUT2D eigenvalue weighted by Crippen LogP contribution is -2.52. The lowest BCUT2D eigenvalue weighted by molar-refractivity contribution is -0.136. The summed E-state index contributed by atoms with van der Waals surface area (Å²) in [5, 5.41) is 6.88. The molecule has 1 aliphatic heterocycles. The molecule has 2 N–H and O–H groups in total. The first-order valence-electron chi connectivity index (χ1n) is 10.0. The van der Waals surface area contributed by atoms with E-state index in [1.165, 1.54) is 0 Å². The Morgan fingerprint density at radius 1 is 1.22 bits per heavy atom. The van der Waals surface area contributed by atoms with Gasteiger partial charge >= 0.3 is 0 Å². The fourth-order valence-corrected chi connectivity index (χ4v) is 3.46. The zero-order valence-electron chi connectivity index (χ0n) is 18.3. The summed E-state index contributed by atoms with van der Waals surface area (Å²) in [7, 11) is 3.54. The van der Waals surface area contributed by atoms with Crippen LogP contribution in [0.15, 0.2) is 4.99 Å². The zero-order valence-corrected chi connectivity index (χ0v) is 20.6. The maximum atomic E-state index is 12.5. The molecule has 0 aromatic rings. The Balaban J connectivity index is 0.00000676. The van der Waals surface area contributed by atoms with Crippen LogP contribution >= 0.6 is 24.0 Å². The molecule has 1 saturated heterocycles. The van der Waals surface area contributed by atoms with Gasteiger partial charge in [-0.2, -0.15) is 0 Å². The third-order valence-electron chi connectivity index (χ3n) is 5.41. The van der Waals surface area contributed by atoms with Crippen LogP contribution in [-0.4, -0.2) is 62.7 Å². The first-order valence-corrected chi connectivity index (χ1v) is 10.0. The van der Waals surface area contributed by atoms with Crippen LogP contribution in [-0.2, 0) is 9.53 Å². The molecule has 0 aromatic heterocycles. The number of nitrogens with zero attached hydrogens (tertiary/aromatic N) is 2. The van der Waals surface area contributed by atoms with E-state index in [1.807, 2.05) is 4.90 Å². The van der Waals surface area contributed by atoms with Gasteiger partial charge in [-0.15, -0.1) is 24.0 Å². The Labute approximate surface area is 183 Å². The van der Waals surface area contributed by atoms with Gasteiger partial charge in [0.25, 0.3) is 0 Å². The van der Waals surface area contributed by atoms with E-state index in [1.54, 1.807) is 14.2 Å². The fraction of sp³-hybridized carbons (Fsp3) is 0.900. The third kappa shape index (κ3) is 8.54. The summed E-state index contributed by atoms with van der Waals surface area (Å²) in [6.07, 6.45) is 3.89. The first kappa shape index (κ1) is 26.4. The molecule has 0 aliphatic carbocycles. The van der Waals surface area contributed by atoms with Gasteiger partial charge in [-0.25, -0.2) is 0 Å². The van der Waals surface area contributed by atoms with Gasteiger partial charge in [-0.05, 0) is 31.1 Å². The number of hydrogen-bond donors (Lipinski definition) is 2. The molecule has 1 fully saturated rings. The second-order valence-corrected chi connectivity index (χ2v) is 8.30. The summed E-state index contributed by atoms with van der Waals surface area (Å²) >= 11 is 0. The number of carbonyl (C=O) groups excluding carboxylic acids is 1. The van der Waals surface area contributed by atoms with Crippen molar-refractivity contribution in [2.45, 2.75) is 72.4 Å². The monoisotopic (exact) mass is 496 g/mol. The van der Waals surface area contributed by atoms with E-state index in [9.17, 15) is 4.79 Å². The number of guanidine groups is 1. The smallest absolute Gasteiger partial charge is 0.225 e. The number of rotatable bonds is 7. The second kappa shape index (κ2) is 12.8. The van der Waals surface area contributed by atoms with E-state index in [-0.39, 0.29) is 41.4 Å². The lowest BCUT2D eigenvalue weighted by Gasteiger charge is -2.35. The number of piperidine rings is 1. The summed E-state index contributed by atoms with van der Waals surface area (Å²) in [5.41, 5.74) is 0.0708. The standard InChI is InChI=1S/C20H40N4O2.HI/c1-8-15(9-2)18(25)24-12-10-16(11-13-24)23-19(21-6)22-14-17(26-7)20(3,4)5;/h15-17H,8-14H2,1-7H3,(H2,21,22,23);1H. The number of aliphatic imine (C=N–C) groups is 1. The minimum atomic E-state index is 0. The van der Waals surface area contributed by atoms with E-state index >= 15 is 0 Å². The van der Waals surface area contributed by atoms with Crippen molar-refractivity contribution >= 4 is 35.8 Å². The minimum absolute atomic E-state index is 0. The molecule has 1 heterocycles. The zero-order chi connectivity index (χ0) is 19.7. The highest BCUT2D eigenvalue weighted by molar-refractivity contribution is 14.0. The molecule has 0 radical (unpaired) electrons.